The number of hydrogen-bond donors (Lipinski definition) is 1. The summed E-state index contributed by atoms with van der Waals surface area (Å²) in [6.45, 7) is 10.1. The van der Waals surface area contributed by atoms with Crippen molar-refractivity contribution < 1.29 is 14.3 Å². The minimum atomic E-state index is -0.550. The Bertz CT molecular complexity index is 712. The Kier molecular flexibility index (Phi) is 7.67. The maximum atomic E-state index is 13.2. The third-order valence-electron chi connectivity index (χ3n) is 5.24. The van der Waals surface area contributed by atoms with E-state index in [1.165, 1.54) is 0 Å². The lowest BCUT2D eigenvalue weighted by Crippen LogP contribution is -2.53. The van der Waals surface area contributed by atoms with Crippen LogP contribution in [0.3, 0.4) is 0 Å². The van der Waals surface area contributed by atoms with Crippen LogP contribution in [0.4, 0.5) is 0 Å². The van der Waals surface area contributed by atoms with Crippen LogP contribution in [-0.4, -0.2) is 41.9 Å². The van der Waals surface area contributed by atoms with Crippen molar-refractivity contribution in [3.8, 4) is 5.75 Å². The zero-order valence-electron chi connectivity index (χ0n) is 17.9. The molecule has 1 heterocycles. The summed E-state index contributed by atoms with van der Waals surface area (Å²) < 4.78 is 6.06. The summed E-state index contributed by atoms with van der Waals surface area (Å²) in [6, 6.07) is 6.73. The number of rotatable bonds is 2. The van der Waals surface area contributed by atoms with Crippen molar-refractivity contribution in [1.29, 1.82) is 0 Å². The molecule has 0 spiro atoms. The van der Waals surface area contributed by atoms with Gasteiger partial charge in [-0.2, -0.15) is 0 Å². The van der Waals surface area contributed by atoms with E-state index in [1.807, 2.05) is 39.0 Å². The van der Waals surface area contributed by atoms with Crippen LogP contribution in [0, 0.1) is 11.8 Å². The first-order valence-corrected chi connectivity index (χ1v) is 10.2. The van der Waals surface area contributed by atoms with Crippen molar-refractivity contribution >= 4 is 11.8 Å². The van der Waals surface area contributed by atoms with Gasteiger partial charge in [-0.25, -0.2) is 0 Å². The lowest BCUT2D eigenvalue weighted by Gasteiger charge is -2.33. The van der Waals surface area contributed by atoms with Crippen LogP contribution in [0.25, 0.3) is 0 Å². The third-order valence-corrected chi connectivity index (χ3v) is 5.24. The van der Waals surface area contributed by atoms with E-state index in [0.717, 1.165) is 12.8 Å². The SMILES string of the molecule is CC(C)[C@@H]1C/C=C/C[C@H](C)Oc2ccccc2C(=O)N(C)[C@@H](C(C)C)C(=O)N1. The molecule has 2 amide bonds. The van der Waals surface area contributed by atoms with Gasteiger partial charge in [0.1, 0.15) is 11.8 Å². The zero-order valence-corrected chi connectivity index (χ0v) is 17.9. The van der Waals surface area contributed by atoms with Gasteiger partial charge in [-0.05, 0) is 37.3 Å². The standard InChI is InChI=1S/C23H34N2O3/c1-15(2)19-13-9-7-11-17(5)28-20-14-10-8-12-18(20)23(27)25(6)21(16(3)4)22(26)24-19/h7-10,12,14-17,19,21H,11,13H2,1-6H3,(H,24,26)/b9-7+/t17-,19-,21-/m0/s1. The van der Waals surface area contributed by atoms with Gasteiger partial charge in [0, 0.05) is 19.5 Å². The third kappa shape index (κ3) is 5.37. The Morgan fingerprint density at radius 3 is 2.32 bits per heavy atom. The number of likely N-dealkylation sites (N-methyl/N-ethyl adjacent to an activating group) is 1. The van der Waals surface area contributed by atoms with Crippen molar-refractivity contribution in [2.45, 2.75) is 65.6 Å². The van der Waals surface area contributed by atoms with Crippen LogP contribution < -0.4 is 10.1 Å². The minimum absolute atomic E-state index is 0.0165. The molecule has 0 radical (unpaired) electrons. The van der Waals surface area contributed by atoms with E-state index < -0.39 is 6.04 Å². The van der Waals surface area contributed by atoms with Gasteiger partial charge in [0.15, 0.2) is 0 Å². The zero-order chi connectivity index (χ0) is 20.8. The molecule has 5 heteroatoms. The Morgan fingerprint density at radius 1 is 1.04 bits per heavy atom. The molecule has 154 valence electrons. The van der Waals surface area contributed by atoms with E-state index in [-0.39, 0.29) is 29.9 Å². The molecule has 1 aromatic rings. The monoisotopic (exact) mass is 386 g/mol. The summed E-state index contributed by atoms with van der Waals surface area (Å²) in [5.74, 6) is 0.523. The van der Waals surface area contributed by atoms with E-state index in [0.29, 0.717) is 17.2 Å². The highest BCUT2D eigenvalue weighted by Gasteiger charge is 2.33. The number of hydrogen-bond acceptors (Lipinski definition) is 3. The summed E-state index contributed by atoms with van der Waals surface area (Å²) in [7, 11) is 1.70. The summed E-state index contributed by atoms with van der Waals surface area (Å²) in [5.41, 5.74) is 0.483. The lowest BCUT2D eigenvalue weighted by molar-refractivity contribution is -0.127. The molecule has 0 aromatic heterocycles. The average Bonchev–Trinajstić information content (AvgIpc) is 2.63. The highest BCUT2D eigenvalue weighted by atomic mass is 16.5. The maximum Gasteiger partial charge on any atom is 0.258 e. The van der Waals surface area contributed by atoms with Crippen LogP contribution in [0.2, 0.25) is 0 Å². The molecule has 1 aliphatic heterocycles. The molecule has 0 saturated heterocycles. The van der Waals surface area contributed by atoms with Crippen molar-refractivity contribution in [2.75, 3.05) is 7.05 Å². The highest BCUT2D eigenvalue weighted by molar-refractivity contribution is 5.99. The summed E-state index contributed by atoms with van der Waals surface area (Å²) in [6.07, 6.45) is 5.66. The summed E-state index contributed by atoms with van der Waals surface area (Å²) >= 11 is 0. The van der Waals surface area contributed by atoms with Gasteiger partial charge in [-0.15, -0.1) is 0 Å². The van der Waals surface area contributed by atoms with Crippen LogP contribution >= 0.6 is 0 Å². The molecular weight excluding hydrogens is 352 g/mol. The number of para-hydroxylation sites is 1. The normalized spacial score (nSPS) is 25.7. The van der Waals surface area contributed by atoms with Gasteiger partial charge in [0.05, 0.1) is 11.7 Å². The molecule has 2 rings (SSSR count). The van der Waals surface area contributed by atoms with Crippen LogP contribution in [0.15, 0.2) is 36.4 Å². The van der Waals surface area contributed by atoms with E-state index in [1.54, 1.807) is 18.0 Å². The quantitative estimate of drug-likeness (QED) is 0.781. The number of amides is 2. The number of fused-ring (bicyclic) bond motifs is 1. The molecule has 0 unspecified atom stereocenters. The Morgan fingerprint density at radius 2 is 1.68 bits per heavy atom. The molecular formula is C23H34N2O3. The number of nitrogens with zero attached hydrogens (tertiary/aromatic N) is 1. The summed E-state index contributed by atoms with van der Waals surface area (Å²) in [4.78, 5) is 27.9. The highest BCUT2D eigenvalue weighted by Crippen LogP contribution is 2.24. The number of benzene rings is 1. The number of ether oxygens (including phenoxy) is 1. The van der Waals surface area contributed by atoms with Crippen LogP contribution in [0.1, 0.15) is 57.8 Å². The van der Waals surface area contributed by atoms with Crippen molar-refractivity contribution in [3.63, 3.8) is 0 Å². The first-order chi connectivity index (χ1) is 13.2. The summed E-state index contributed by atoms with van der Waals surface area (Å²) in [5, 5.41) is 3.17. The number of carbonyl (C=O) groups excluding carboxylic acids is 2. The van der Waals surface area contributed by atoms with E-state index in [2.05, 4.69) is 31.3 Å². The largest absolute Gasteiger partial charge is 0.490 e. The topological polar surface area (TPSA) is 58.6 Å². The molecule has 0 bridgehead atoms. The van der Waals surface area contributed by atoms with Gasteiger partial charge in [0.2, 0.25) is 5.91 Å². The van der Waals surface area contributed by atoms with Crippen molar-refractivity contribution in [3.05, 3.63) is 42.0 Å². The minimum Gasteiger partial charge on any atom is -0.490 e. The van der Waals surface area contributed by atoms with Crippen molar-refractivity contribution in [2.24, 2.45) is 11.8 Å². The Balaban J connectivity index is 2.45. The molecule has 0 aliphatic carbocycles. The number of carbonyl (C=O) groups is 2. The molecule has 0 saturated carbocycles. The second-order valence-electron chi connectivity index (χ2n) is 8.33. The Labute approximate surface area is 169 Å². The molecule has 5 nitrogen and oxygen atoms in total. The van der Waals surface area contributed by atoms with Crippen LogP contribution in [-0.2, 0) is 4.79 Å². The number of nitrogens with one attached hydrogen (secondary N) is 1. The fourth-order valence-electron chi connectivity index (χ4n) is 3.55. The predicted octanol–water partition coefficient (Wildman–Crippen LogP) is 4.04. The first kappa shape index (κ1) is 22.0. The van der Waals surface area contributed by atoms with E-state index in [9.17, 15) is 9.59 Å². The average molecular weight is 387 g/mol. The molecule has 1 aromatic carbocycles. The molecule has 3 atom stereocenters. The van der Waals surface area contributed by atoms with Gasteiger partial charge in [0.25, 0.3) is 5.91 Å². The van der Waals surface area contributed by atoms with Gasteiger partial charge in [-0.3, -0.25) is 9.59 Å². The molecule has 0 fully saturated rings. The molecule has 1 aliphatic rings. The lowest BCUT2D eigenvalue weighted by atomic mass is 9.96. The molecule has 28 heavy (non-hydrogen) atoms. The second kappa shape index (κ2) is 9.76. The van der Waals surface area contributed by atoms with E-state index >= 15 is 0 Å². The second-order valence-corrected chi connectivity index (χ2v) is 8.33. The van der Waals surface area contributed by atoms with Crippen molar-refractivity contribution in [1.82, 2.24) is 10.2 Å². The first-order valence-electron chi connectivity index (χ1n) is 10.2. The van der Waals surface area contributed by atoms with Crippen LogP contribution in [0.5, 0.6) is 5.75 Å². The van der Waals surface area contributed by atoms with Gasteiger partial charge >= 0.3 is 0 Å². The fourth-order valence-corrected chi connectivity index (χ4v) is 3.55. The predicted molar refractivity (Wildman–Crippen MR) is 112 cm³/mol. The Hall–Kier alpha value is -2.30. The van der Waals surface area contributed by atoms with Gasteiger partial charge in [-0.1, -0.05) is 52.0 Å². The van der Waals surface area contributed by atoms with E-state index in [4.69, 9.17) is 4.74 Å². The maximum absolute atomic E-state index is 13.2. The molecule has 1 N–H and O–H groups in total. The van der Waals surface area contributed by atoms with Gasteiger partial charge < -0.3 is 15.0 Å². The fraction of sp³-hybridized carbons (Fsp3) is 0.565. The smallest absolute Gasteiger partial charge is 0.258 e.